The zero-order valence-electron chi connectivity index (χ0n) is 12.6. The van der Waals surface area contributed by atoms with Crippen LogP contribution in [0.4, 0.5) is 5.82 Å². The van der Waals surface area contributed by atoms with E-state index >= 15 is 0 Å². The Hall–Kier alpha value is -2.02. The van der Waals surface area contributed by atoms with Gasteiger partial charge < -0.3 is 14.7 Å². The van der Waals surface area contributed by atoms with E-state index in [1.807, 2.05) is 0 Å². The highest BCUT2D eigenvalue weighted by Crippen LogP contribution is 2.47. The number of hydrogen-bond donors (Lipinski definition) is 2. The predicted octanol–water partition coefficient (Wildman–Crippen LogP) is 2.90. The molecule has 3 rings (SSSR count). The molecule has 0 aromatic carbocycles. The highest BCUT2D eigenvalue weighted by Gasteiger charge is 2.47. The summed E-state index contributed by atoms with van der Waals surface area (Å²) in [5.74, 6) is 0.921. The van der Waals surface area contributed by atoms with Crippen LogP contribution in [-0.4, -0.2) is 21.2 Å². The molecule has 1 aromatic rings. The number of fused-ring (bicyclic) bond motifs is 1. The molecule has 7 nitrogen and oxygen atoms in total. The van der Waals surface area contributed by atoms with Gasteiger partial charge in [0, 0.05) is 17.9 Å². The molecule has 0 radical (unpaired) electrons. The second-order valence-corrected chi connectivity index (χ2v) is 6.25. The van der Waals surface area contributed by atoms with Gasteiger partial charge in [-0.15, -0.1) is 10.2 Å². The molecule has 118 valence electrons. The van der Waals surface area contributed by atoms with Crippen molar-refractivity contribution in [2.75, 3.05) is 0 Å². The van der Waals surface area contributed by atoms with Gasteiger partial charge >= 0.3 is 0 Å². The van der Waals surface area contributed by atoms with Crippen LogP contribution in [0.25, 0.3) is 0 Å². The minimum atomic E-state index is -0.282. The Morgan fingerprint density at radius 1 is 1.27 bits per heavy atom. The predicted molar refractivity (Wildman–Crippen MR) is 76.1 cm³/mol. The van der Waals surface area contributed by atoms with Crippen LogP contribution in [0.5, 0.6) is 0 Å². The topological polar surface area (TPSA) is 108 Å². The minimum absolute atomic E-state index is 0.0323. The highest BCUT2D eigenvalue weighted by atomic mass is 16.5. The van der Waals surface area contributed by atoms with Crippen LogP contribution in [0, 0.1) is 23.7 Å². The zero-order chi connectivity index (χ0) is 15.9. The Morgan fingerprint density at radius 2 is 1.95 bits per heavy atom. The van der Waals surface area contributed by atoms with Crippen LogP contribution < -0.4 is 0 Å². The average molecular weight is 305 g/mol. The van der Waals surface area contributed by atoms with Crippen LogP contribution in [-0.2, 0) is 11.4 Å². The third kappa shape index (κ3) is 2.45. The number of aliphatic hydroxyl groups is 2. The first kappa shape index (κ1) is 14.9. The second-order valence-electron chi connectivity index (χ2n) is 6.25. The Kier molecular flexibility index (Phi) is 3.82. The Balaban J connectivity index is 1.82. The van der Waals surface area contributed by atoms with E-state index < -0.39 is 0 Å². The molecule has 7 heteroatoms. The molecule has 22 heavy (non-hydrogen) atoms. The summed E-state index contributed by atoms with van der Waals surface area (Å²) in [4.78, 5) is 12.4. The largest absolute Gasteiger partial charge is 0.510 e. The number of carbonyl (C=O) groups is 1. The maximum absolute atomic E-state index is 12.4. The van der Waals surface area contributed by atoms with Crippen molar-refractivity contribution in [3.63, 3.8) is 0 Å². The minimum Gasteiger partial charge on any atom is -0.510 e. The molecule has 1 heterocycles. The molecular weight excluding hydrogens is 286 g/mol. The second kappa shape index (κ2) is 5.64. The number of hydrogen-bond acceptors (Lipinski definition) is 7. The fraction of sp³-hybridized carbons (Fsp3) is 0.600. The number of rotatable bonds is 3. The van der Waals surface area contributed by atoms with Crippen LogP contribution >= 0.6 is 0 Å². The SMILES string of the molecule is CC1CC2C(=O)C(N=Nc3cc(CO)on3)=C(O)C2CC1C. The summed E-state index contributed by atoms with van der Waals surface area (Å²) in [6.07, 6.45) is 1.56. The maximum Gasteiger partial charge on any atom is 0.217 e. The fourth-order valence-electron chi connectivity index (χ4n) is 3.29. The molecule has 2 aliphatic rings. The van der Waals surface area contributed by atoms with Gasteiger partial charge in [0.15, 0.2) is 17.2 Å². The molecule has 0 amide bonds. The van der Waals surface area contributed by atoms with Crippen LogP contribution in [0.3, 0.4) is 0 Å². The van der Waals surface area contributed by atoms with Gasteiger partial charge in [0.1, 0.15) is 12.4 Å². The smallest absolute Gasteiger partial charge is 0.217 e. The molecule has 2 aliphatic carbocycles. The van der Waals surface area contributed by atoms with Crippen LogP contribution in [0.2, 0.25) is 0 Å². The third-order valence-electron chi connectivity index (χ3n) is 4.83. The summed E-state index contributed by atoms with van der Waals surface area (Å²) in [5, 5.41) is 30.5. The lowest BCUT2D eigenvalue weighted by Gasteiger charge is -2.34. The van der Waals surface area contributed by atoms with E-state index in [2.05, 4.69) is 29.2 Å². The molecule has 0 bridgehead atoms. The Bertz CT molecular complexity index is 649. The van der Waals surface area contributed by atoms with Gasteiger partial charge in [0.2, 0.25) is 5.82 Å². The number of azo groups is 1. The summed E-state index contributed by atoms with van der Waals surface area (Å²) in [7, 11) is 0. The lowest BCUT2D eigenvalue weighted by molar-refractivity contribution is -0.121. The third-order valence-corrected chi connectivity index (χ3v) is 4.83. The molecule has 0 spiro atoms. The molecular formula is C15H19N3O4. The maximum atomic E-state index is 12.4. The lowest BCUT2D eigenvalue weighted by Crippen LogP contribution is -2.30. The monoisotopic (exact) mass is 305 g/mol. The molecule has 0 aliphatic heterocycles. The summed E-state index contributed by atoms with van der Waals surface area (Å²) in [6.45, 7) is 4.00. The van der Waals surface area contributed by atoms with Crippen molar-refractivity contribution in [2.24, 2.45) is 33.9 Å². The summed E-state index contributed by atoms with van der Waals surface area (Å²) < 4.78 is 4.79. The van der Waals surface area contributed by atoms with E-state index in [4.69, 9.17) is 9.63 Å². The van der Waals surface area contributed by atoms with E-state index in [1.165, 1.54) is 6.07 Å². The average Bonchev–Trinajstić information content (AvgIpc) is 3.04. The van der Waals surface area contributed by atoms with Gasteiger partial charge in [0.25, 0.3) is 0 Å². The van der Waals surface area contributed by atoms with E-state index in [0.29, 0.717) is 11.8 Å². The normalized spacial score (nSPS) is 32.0. The molecule has 4 atom stereocenters. The van der Waals surface area contributed by atoms with Crippen LogP contribution in [0.1, 0.15) is 32.4 Å². The standard InChI is InChI=1S/C15H19N3O4/c1-7-3-10-11(4-8(7)2)15(21)13(14(10)20)17-16-12-5-9(6-19)22-18-12/h5,7-8,10-11,19-20H,3-4,6H2,1-2H3. The van der Waals surface area contributed by atoms with Gasteiger partial charge in [-0.05, 0) is 24.7 Å². The van der Waals surface area contributed by atoms with Gasteiger partial charge in [-0.1, -0.05) is 19.0 Å². The summed E-state index contributed by atoms with van der Waals surface area (Å²) in [6, 6.07) is 1.43. The van der Waals surface area contributed by atoms with Crippen molar-refractivity contribution in [2.45, 2.75) is 33.3 Å². The molecule has 0 saturated heterocycles. The summed E-state index contributed by atoms with van der Waals surface area (Å²) >= 11 is 0. The van der Waals surface area contributed by atoms with Gasteiger partial charge in [-0.3, -0.25) is 4.79 Å². The summed E-state index contributed by atoms with van der Waals surface area (Å²) in [5.41, 5.74) is 0.0323. The van der Waals surface area contributed by atoms with E-state index in [0.717, 1.165) is 12.8 Å². The van der Waals surface area contributed by atoms with E-state index in [9.17, 15) is 9.90 Å². The molecule has 1 saturated carbocycles. The number of aliphatic hydroxyl groups excluding tert-OH is 2. The van der Waals surface area contributed by atoms with Crippen LogP contribution in [0.15, 0.2) is 32.3 Å². The first-order valence-electron chi connectivity index (χ1n) is 7.46. The Labute approximate surface area is 127 Å². The van der Waals surface area contributed by atoms with Crippen molar-refractivity contribution in [3.05, 3.63) is 23.3 Å². The molecule has 2 N–H and O–H groups in total. The van der Waals surface area contributed by atoms with Gasteiger partial charge in [-0.25, -0.2) is 0 Å². The van der Waals surface area contributed by atoms with Crippen molar-refractivity contribution < 1.29 is 19.5 Å². The van der Waals surface area contributed by atoms with E-state index in [1.54, 1.807) is 0 Å². The number of allylic oxidation sites excluding steroid dienone is 2. The molecule has 1 aromatic heterocycles. The number of carbonyl (C=O) groups excluding carboxylic acids is 1. The first-order valence-corrected chi connectivity index (χ1v) is 7.46. The van der Waals surface area contributed by atoms with E-state index in [-0.39, 0.29) is 47.3 Å². The van der Waals surface area contributed by atoms with Crippen molar-refractivity contribution >= 4 is 11.6 Å². The molecule has 4 unspecified atom stereocenters. The lowest BCUT2D eigenvalue weighted by atomic mass is 9.70. The number of aromatic nitrogens is 1. The quantitative estimate of drug-likeness (QED) is 0.835. The number of Topliss-reactive ketones (excluding diaryl/α,β-unsaturated/α-hetero) is 1. The Morgan fingerprint density at radius 3 is 2.59 bits per heavy atom. The number of nitrogens with zero attached hydrogens (tertiary/aromatic N) is 3. The number of ketones is 1. The van der Waals surface area contributed by atoms with Crippen molar-refractivity contribution in [3.8, 4) is 0 Å². The van der Waals surface area contributed by atoms with Crippen molar-refractivity contribution in [1.82, 2.24) is 5.16 Å². The van der Waals surface area contributed by atoms with Gasteiger partial charge in [-0.2, -0.15) is 0 Å². The zero-order valence-corrected chi connectivity index (χ0v) is 12.6. The first-order chi connectivity index (χ1) is 10.5. The highest BCUT2D eigenvalue weighted by molar-refractivity contribution is 6.00. The van der Waals surface area contributed by atoms with Crippen molar-refractivity contribution in [1.29, 1.82) is 0 Å². The fourth-order valence-corrected chi connectivity index (χ4v) is 3.29. The van der Waals surface area contributed by atoms with Gasteiger partial charge in [0.05, 0.1) is 0 Å². The molecule has 1 fully saturated rings.